The molecule has 0 aliphatic carbocycles. The summed E-state index contributed by atoms with van der Waals surface area (Å²) in [5.74, 6) is 1.20. The zero-order chi connectivity index (χ0) is 11.4. The van der Waals surface area contributed by atoms with E-state index < -0.39 is 0 Å². The summed E-state index contributed by atoms with van der Waals surface area (Å²) < 4.78 is 5.87. The summed E-state index contributed by atoms with van der Waals surface area (Å²) in [4.78, 5) is 10.5. The lowest BCUT2D eigenvalue weighted by atomic mass is 10.4. The fourth-order valence-corrected chi connectivity index (χ4v) is 1.74. The molecule has 0 aliphatic rings. The molecule has 0 N–H and O–H groups in total. The fraction of sp³-hybridized carbons (Fsp3) is 0.556. The second-order valence-electron chi connectivity index (χ2n) is 3.14. The average molecular weight is 339 g/mol. The van der Waals surface area contributed by atoms with Crippen molar-refractivity contribution < 1.29 is 4.74 Å². The van der Waals surface area contributed by atoms with Gasteiger partial charge in [-0.2, -0.15) is 4.98 Å². The van der Waals surface area contributed by atoms with Gasteiger partial charge in [-0.1, -0.05) is 15.9 Å². The van der Waals surface area contributed by atoms with Gasteiger partial charge in [-0.05, 0) is 22.9 Å². The molecule has 0 amide bonds. The largest absolute Gasteiger partial charge is 0.480 e. The Morgan fingerprint density at radius 3 is 2.80 bits per heavy atom. The number of anilines is 1. The summed E-state index contributed by atoms with van der Waals surface area (Å²) in [6, 6.07) is 0.330. The lowest BCUT2D eigenvalue weighted by Crippen LogP contribution is -2.31. The van der Waals surface area contributed by atoms with Crippen molar-refractivity contribution in [2.45, 2.75) is 13.0 Å². The van der Waals surface area contributed by atoms with Crippen LogP contribution in [0.5, 0.6) is 5.88 Å². The molecule has 0 bridgehead atoms. The summed E-state index contributed by atoms with van der Waals surface area (Å²) >= 11 is 6.74. The SMILES string of the molecule is COc1nc(N(C)C(C)CBr)ncc1Br. The van der Waals surface area contributed by atoms with E-state index in [1.807, 2.05) is 11.9 Å². The van der Waals surface area contributed by atoms with Crippen molar-refractivity contribution in [2.75, 3.05) is 24.4 Å². The van der Waals surface area contributed by atoms with E-state index in [9.17, 15) is 0 Å². The molecule has 1 aromatic rings. The van der Waals surface area contributed by atoms with Crippen molar-refractivity contribution in [1.82, 2.24) is 9.97 Å². The van der Waals surface area contributed by atoms with Gasteiger partial charge in [-0.3, -0.25) is 0 Å². The Kier molecular flexibility index (Phi) is 4.79. The molecular formula is C9H13Br2N3O. The molecular weight excluding hydrogens is 326 g/mol. The van der Waals surface area contributed by atoms with Crippen LogP contribution in [0.15, 0.2) is 10.7 Å². The first kappa shape index (κ1) is 12.7. The number of hydrogen-bond donors (Lipinski definition) is 0. The molecule has 84 valence electrons. The third-order valence-corrected chi connectivity index (χ3v) is 3.57. The van der Waals surface area contributed by atoms with Crippen LogP contribution in [0.3, 0.4) is 0 Å². The molecule has 1 rings (SSSR count). The van der Waals surface area contributed by atoms with Crippen LogP contribution in [0.25, 0.3) is 0 Å². The summed E-state index contributed by atoms with van der Waals surface area (Å²) in [5, 5.41) is 0.866. The third-order valence-electron chi connectivity index (χ3n) is 2.09. The van der Waals surface area contributed by atoms with Gasteiger partial charge < -0.3 is 9.64 Å². The first-order chi connectivity index (χ1) is 7.10. The van der Waals surface area contributed by atoms with Gasteiger partial charge in [0, 0.05) is 18.4 Å². The zero-order valence-corrected chi connectivity index (χ0v) is 12.0. The predicted octanol–water partition coefficient (Wildman–Crippen LogP) is 2.47. The van der Waals surface area contributed by atoms with Crippen LogP contribution in [0, 0.1) is 0 Å². The number of methoxy groups -OCH3 is 1. The Labute approximate surface area is 106 Å². The van der Waals surface area contributed by atoms with Gasteiger partial charge >= 0.3 is 0 Å². The zero-order valence-electron chi connectivity index (χ0n) is 8.87. The second-order valence-corrected chi connectivity index (χ2v) is 4.64. The molecule has 0 aromatic carbocycles. The van der Waals surface area contributed by atoms with E-state index in [0.29, 0.717) is 17.9 Å². The molecule has 0 saturated carbocycles. The number of ether oxygens (including phenoxy) is 1. The van der Waals surface area contributed by atoms with Crippen LogP contribution >= 0.6 is 31.9 Å². The average Bonchev–Trinajstić information content (AvgIpc) is 2.27. The molecule has 1 aromatic heterocycles. The highest BCUT2D eigenvalue weighted by molar-refractivity contribution is 9.10. The standard InChI is InChI=1S/C9H13Br2N3O/c1-6(4-10)14(2)9-12-5-7(11)8(13-9)15-3/h5-6H,4H2,1-3H3. The molecule has 4 nitrogen and oxygen atoms in total. The van der Waals surface area contributed by atoms with Gasteiger partial charge in [0.15, 0.2) is 0 Å². The number of aromatic nitrogens is 2. The maximum Gasteiger partial charge on any atom is 0.232 e. The molecule has 0 fully saturated rings. The number of hydrogen-bond acceptors (Lipinski definition) is 4. The Hall–Kier alpha value is -0.360. The van der Waals surface area contributed by atoms with Crippen LogP contribution < -0.4 is 9.64 Å². The van der Waals surface area contributed by atoms with Crippen LogP contribution in [0.2, 0.25) is 0 Å². The molecule has 0 saturated heterocycles. The van der Waals surface area contributed by atoms with Crippen LogP contribution in [-0.4, -0.2) is 35.5 Å². The van der Waals surface area contributed by atoms with Crippen LogP contribution in [0.4, 0.5) is 5.95 Å². The van der Waals surface area contributed by atoms with Crippen molar-refractivity contribution in [1.29, 1.82) is 0 Å². The third kappa shape index (κ3) is 3.04. The summed E-state index contributed by atoms with van der Waals surface area (Å²) in [6.07, 6.45) is 1.69. The Morgan fingerprint density at radius 1 is 1.60 bits per heavy atom. The second kappa shape index (κ2) is 5.65. The lowest BCUT2D eigenvalue weighted by Gasteiger charge is -2.23. The van der Waals surface area contributed by atoms with E-state index in [1.54, 1.807) is 13.3 Å². The lowest BCUT2D eigenvalue weighted by molar-refractivity contribution is 0.393. The quantitative estimate of drug-likeness (QED) is 0.790. The molecule has 6 heteroatoms. The number of halogens is 2. The Balaban J connectivity index is 2.95. The highest BCUT2D eigenvalue weighted by atomic mass is 79.9. The molecule has 15 heavy (non-hydrogen) atoms. The van der Waals surface area contributed by atoms with Crippen molar-refractivity contribution >= 4 is 37.8 Å². The summed E-state index contributed by atoms with van der Waals surface area (Å²) in [6.45, 7) is 2.09. The fourth-order valence-electron chi connectivity index (χ4n) is 0.956. The highest BCUT2D eigenvalue weighted by Gasteiger charge is 2.13. The first-order valence-electron chi connectivity index (χ1n) is 4.45. The van der Waals surface area contributed by atoms with Crippen molar-refractivity contribution in [2.24, 2.45) is 0 Å². The van der Waals surface area contributed by atoms with Gasteiger partial charge in [0.25, 0.3) is 0 Å². The first-order valence-corrected chi connectivity index (χ1v) is 6.37. The van der Waals surface area contributed by atoms with E-state index >= 15 is 0 Å². The van der Waals surface area contributed by atoms with Crippen molar-refractivity contribution in [3.8, 4) is 5.88 Å². The smallest absolute Gasteiger partial charge is 0.232 e. The predicted molar refractivity (Wildman–Crippen MR) is 67.9 cm³/mol. The van der Waals surface area contributed by atoms with E-state index in [2.05, 4.69) is 48.8 Å². The van der Waals surface area contributed by atoms with Crippen LogP contribution in [-0.2, 0) is 0 Å². The number of alkyl halides is 1. The minimum Gasteiger partial charge on any atom is -0.480 e. The van der Waals surface area contributed by atoms with Gasteiger partial charge in [0.05, 0.1) is 17.8 Å². The van der Waals surface area contributed by atoms with Crippen molar-refractivity contribution in [3.63, 3.8) is 0 Å². The van der Waals surface area contributed by atoms with E-state index in [4.69, 9.17) is 4.74 Å². The van der Waals surface area contributed by atoms with E-state index in [-0.39, 0.29) is 0 Å². The van der Waals surface area contributed by atoms with E-state index in [1.165, 1.54) is 0 Å². The van der Waals surface area contributed by atoms with Gasteiger partial charge in [-0.15, -0.1) is 0 Å². The Bertz CT molecular complexity index is 335. The monoisotopic (exact) mass is 337 g/mol. The topological polar surface area (TPSA) is 38.2 Å². The normalized spacial score (nSPS) is 12.3. The minimum absolute atomic E-state index is 0.330. The maximum absolute atomic E-state index is 5.11. The Morgan fingerprint density at radius 2 is 2.27 bits per heavy atom. The van der Waals surface area contributed by atoms with Crippen LogP contribution in [0.1, 0.15) is 6.92 Å². The van der Waals surface area contributed by atoms with Gasteiger partial charge in [-0.25, -0.2) is 4.98 Å². The number of rotatable bonds is 4. The highest BCUT2D eigenvalue weighted by Crippen LogP contribution is 2.23. The van der Waals surface area contributed by atoms with Gasteiger partial charge in [0.2, 0.25) is 11.8 Å². The molecule has 0 aliphatic heterocycles. The molecule has 1 unspecified atom stereocenters. The molecule has 1 heterocycles. The summed E-state index contributed by atoms with van der Waals surface area (Å²) in [7, 11) is 3.54. The number of nitrogens with zero attached hydrogens (tertiary/aromatic N) is 3. The minimum atomic E-state index is 0.330. The molecule has 1 atom stereocenters. The van der Waals surface area contributed by atoms with Gasteiger partial charge in [0.1, 0.15) is 0 Å². The maximum atomic E-state index is 5.11. The van der Waals surface area contributed by atoms with Crippen molar-refractivity contribution in [3.05, 3.63) is 10.7 Å². The molecule has 0 radical (unpaired) electrons. The van der Waals surface area contributed by atoms with E-state index in [0.717, 1.165) is 9.80 Å². The summed E-state index contributed by atoms with van der Waals surface area (Å²) in [5.41, 5.74) is 0. The molecule has 0 spiro atoms.